The largest absolute Gasteiger partial charge is 0.493 e. The lowest BCUT2D eigenvalue weighted by Crippen LogP contribution is -2.24. The van der Waals surface area contributed by atoms with E-state index in [1.54, 1.807) is 18.2 Å². The van der Waals surface area contributed by atoms with Gasteiger partial charge in [-0.05, 0) is 38.1 Å². The second-order valence-electron chi connectivity index (χ2n) is 4.35. The molecule has 0 unspecified atom stereocenters. The molecule has 5 nitrogen and oxygen atoms in total. The van der Waals surface area contributed by atoms with Gasteiger partial charge in [-0.1, -0.05) is 6.07 Å². The van der Waals surface area contributed by atoms with E-state index in [2.05, 4.69) is 5.32 Å². The molecule has 0 saturated heterocycles. The minimum absolute atomic E-state index is 0.277. The van der Waals surface area contributed by atoms with Crippen molar-refractivity contribution < 1.29 is 13.9 Å². The van der Waals surface area contributed by atoms with Crippen LogP contribution < -0.4 is 15.8 Å². The number of nitrogens with one attached hydrogen (secondary N) is 1. The zero-order valence-corrected chi connectivity index (χ0v) is 11.6. The topological polar surface area (TPSA) is 77.5 Å². The van der Waals surface area contributed by atoms with Gasteiger partial charge < -0.3 is 20.2 Å². The van der Waals surface area contributed by atoms with Crippen LogP contribution in [0.3, 0.4) is 0 Å². The molecule has 3 N–H and O–H groups in total. The predicted octanol–water partition coefficient (Wildman–Crippen LogP) is 2.50. The molecule has 20 heavy (non-hydrogen) atoms. The third kappa shape index (κ3) is 3.12. The van der Waals surface area contributed by atoms with E-state index in [1.807, 2.05) is 26.0 Å². The monoisotopic (exact) mass is 274 g/mol. The number of carbonyl (C=O) groups is 1. The minimum atomic E-state index is -0.277. The van der Waals surface area contributed by atoms with Gasteiger partial charge >= 0.3 is 0 Å². The van der Waals surface area contributed by atoms with E-state index in [0.29, 0.717) is 35.9 Å². The van der Waals surface area contributed by atoms with Crippen LogP contribution >= 0.6 is 0 Å². The molecule has 0 atom stereocenters. The van der Waals surface area contributed by atoms with Gasteiger partial charge in [-0.2, -0.15) is 0 Å². The summed E-state index contributed by atoms with van der Waals surface area (Å²) in [5.41, 5.74) is 6.61. The van der Waals surface area contributed by atoms with Crippen molar-refractivity contribution in [3.63, 3.8) is 0 Å². The molecule has 0 bridgehead atoms. The van der Waals surface area contributed by atoms with Crippen LogP contribution in [-0.2, 0) is 6.54 Å². The number of nitrogens with two attached hydrogens (primary N) is 1. The highest BCUT2D eigenvalue weighted by Crippen LogP contribution is 2.24. The van der Waals surface area contributed by atoms with Gasteiger partial charge in [-0.15, -0.1) is 0 Å². The van der Waals surface area contributed by atoms with Gasteiger partial charge in [-0.3, -0.25) is 4.79 Å². The fourth-order valence-electron chi connectivity index (χ4n) is 1.90. The molecule has 0 aliphatic rings. The average Bonchev–Trinajstić information content (AvgIpc) is 2.82. The average molecular weight is 274 g/mol. The predicted molar refractivity (Wildman–Crippen MR) is 76.6 cm³/mol. The standard InChI is InChI=1S/C15H18N2O3/c1-3-19-13-6-4-5-12(16)14(13)15(18)17-9-11-8-7-10(2)20-11/h4-8H,3,9,16H2,1-2H3,(H,17,18). The quantitative estimate of drug-likeness (QED) is 0.821. The van der Waals surface area contributed by atoms with E-state index >= 15 is 0 Å². The van der Waals surface area contributed by atoms with Gasteiger partial charge in [0.1, 0.15) is 22.8 Å². The number of carbonyl (C=O) groups excluding carboxylic acids is 1. The lowest BCUT2D eigenvalue weighted by atomic mass is 10.1. The van der Waals surface area contributed by atoms with Gasteiger partial charge in [0.05, 0.1) is 13.2 Å². The van der Waals surface area contributed by atoms with Gasteiger partial charge in [0.15, 0.2) is 0 Å². The highest BCUT2D eigenvalue weighted by Gasteiger charge is 2.16. The number of hydrogen-bond acceptors (Lipinski definition) is 4. The Kier molecular flexibility index (Phi) is 4.30. The van der Waals surface area contributed by atoms with Crippen LogP contribution in [0.25, 0.3) is 0 Å². The third-order valence-electron chi connectivity index (χ3n) is 2.80. The van der Waals surface area contributed by atoms with Gasteiger partial charge in [0.2, 0.25) is 0 Å². The highest BCUT2D eigenvalue weighted by molar-refractivity contribution is 6.01. The second-order valence-corrected chi connectivity index (χ2v) is 4.35. The maximum Gasteiger partial charge on any atom is 0.257 e. The summed E-state index contributed by atoms with van der Waals surface area (Å²) in [6.45, 7) is 4.50. The molecule has 0 radical (unpaired) electrons. The number of aryl methyl sites for hydroxylation is 1. The molecule has 1 amide bonds. The summed E-state index contributed by atoms with van der Waals surface area (Å²) in [5.74, 6) is 1.72. The zero-order valence-electron chi connectivity index (χ0n) is 11.6. The molecule has 2 rings (SSSR count). The number of amides is 1. The first kappa shape index (κ1) is 14.0. The Morgan fingerprint density at radius 2 is 2.15 bits per heavy atom. The Balaban J connectivity index is 2.12. The molecule has 1 aromatic carbocycles. The zero-order chi connectivity index (χ0) is 14.5. The number of furan rings is 1. The molecule has 0 spiro atoms. The number of benzene rings is 1. The SMILES string of the molecule is CCOc1cccc(N)c1C(=O)NCc1ccc(C)o1. The second kappa shape index (κ2) is 6.14. The Hall–Kier alpha value is -2.43. The van der Waals surface area contributed by atoms with E-state index in [9.17, 15) is 4.79 Å². The normalized spacial score (nSPS) is 10.3. The summed E-state index contributed by atoms with van der Waals surface area (Å²) in [6.07, 6.45) is 0. The van der Waals surface area contributed by atoms with Crippen molar-refractivity contribution in [2.24, 2.45) is 0 Å². The van der Waals surface area contributed by atoms with Crippen molar-refractivity contribution in [2.75, 3.05) is 12.3 Å². The fourth-order valence-corrected chi connectivity index (χ4v) is 1.90. The lowest BCUT2D eigenvalue weighted by molar-refractivity contribution is 0.0945. The highest BCUT2D eigenvalue weighted by atomic mass is 16.5. The number of rotatable bonds is 5. The van der Waals surface area contributed by atoms with Crippen LogP contribution in [0.4, 0.5) is 5.69 Å². The summed E-state index contributed by atoms with van der Waals surface area (Å²) in [4.78, 5) is 12.2. The first-order valence-corrected chi connectivity index (χ1v) is 6.46. The Labute approximate surface area is 117 Å². The van der Waals surface area contributed by atoms with Crippen LogP contribution in [0.1, 0.15) is 28.8 Å². The van der Waals surface area contributed by atoms with Crippen LogP contribution in [0.15, 0.2) is 34.7 Å². The number of nitrogen functional groups attached to an aromatic ring is 1. The molecule has 0 fully saturated rings. The third-order valence-corrected chi connectivity index (χ3v) is 2.80. The van der Waals surface area contributed by atoms with Gasteiger partial charge in [0.25, 0.3) is 5.91 Å². The van der Waals surface area contributed by atoms with Crippen molar-refractivity contribution in [2.45, 2.75) is 20.4 Å². The van der Waals surface area contributed by atoms with Crippen molar-refractivity contribution in [3.05, 3.63) is 47.4 Å². The molecule has 0 aliphatic heterocycles. The molecule has 2 aromatic rings. The summed E-state index contributed by atoms with van der Waals surface area (Å²) >= 11 is 0. The maximum atomic E-state index is 12.2. The molecule has 5 heteroatoms. The first-order chi connectivity index (χ1) is 9.61. The molecule has 0 aliphatic carbocycles. The molecule has 1 heterocycles. The minimum Gasteiger partial charge on any atom is -0.493 e. The smallest absolute Gasteiger partial charge is 0.257 e. The van der Waals surface area contributed by atoms with Crippen LogP contribution in [0, 0.1) is 6.92 Å². The lowest BCUT2D eigenvalue weighted by Gasteiger charge is -2.12. The summed E-state index contributed by atoms with van der Waals surface area (Å²) in [7, 11) is 0. The van der Waals surface area contributed by atoms with E-state index in [0.717, 1.165) is 5.76 Å². The summed E-state index contributed by atoms with van der Waals surface area (Å²) in [5, 5.41) is 2.78. The Bertz CT molecular complexity index is 605. The summed E-state index contributed by atoms with van der Waals surface area (Å²) in [6, 6.07) is 8.84. The fraction of sp³-hybridized carbons (Fsp3) is 0.267. The maximum absolute atomic E-state index is 12.2. The Morgan fingerprint density at radius 1 is 1.35 bits per heavy atom. The van der Waals surface area contributed by atoms with Crippen LogP contribution in [-0.4, -0.2) is 12.5 Å². The molecular formula is C15H18N2O3. The number of hydrogen-bond donors (Lipinski definition) is 2. The van der Waals surface area contributed by atoms with Crippen LogP contribution in [0.5, 0.6) is 5.75 Å². The van der Waals surface area contributed by atoms with Crippen molar-refractivity contribution in [1.29, 1.82) is 0 Å². The number of ether oxygens (including phenoxy) is 1. The van der Waals surface area contributed by atoms with Gasteiger partial charge in [0, 0.05) is 5.69 Å². The van der Waals surface area contributed by atoms with E-state index < -0.39 is 0 Å². The van der Waals surface area contributed by atoms with E-state index in [-0.39, 0.29) is 5.91 Å². The van der Waals surface area contributed by atoms with Crippen molar-refractivity contribution in [3.8, 4) is 5.75 Å². The van der Waals surface area contributed by atoms with E-state index in [1.165, 1.54) is 0 Å². The molecular weight excluding hydrogens is 256 g/mol. The van der Waals surface area contributed by atoms with Crippen molar-refractivity contribution in [1.82, 2.24) is 5.32 Å². The molecule has 1 aromatic heterocycles. The Morgan fingerprint density at radius 3 is 2.80 bits per heavy atom. The first-order valence-electron chi connectivity index (χ1n) is 6.46. The van der Waals surface area contributed by atoms with Gasteiger partial charge in [-0.25, -0.2) is 0 Å². The van der Waals surface area contributed by atoms with E-state index in [4.69, 9.17) is 14.9 Å². The molecule has 106 valence electrons. The number of anilines is 1. The van der Waals surface area contributed by atoms with Crippen LogP contribution in [0.2, 0.25) is 0 Å². The van der Waals surface area contributed by atoms with Crippen molar-refractivity contribution >= 4 is 11.6 Å². The summed E-state index contributed by atoms with van der Waals surface area (Å²) < 4.78 is 10.8. The molecule has 0 saturated carbocycles.